The number of ether oxygens (including phenoxy) is 1. The summed E-state index contributed by atoms with van der Waals surface area (Å²) in [7, 11) is -0.820. The molecule has 0 N–H and O–H groups in total. The molecular formula is C17H24F3NOSi. The van der Waals surface area contributed by atoms with Crippen molar-refractivity contribution in [1.29, 1.82) is 0 Å². The van der Waals surface area contributed by atoms with Gasteiger partial charge in [-0.3, -0.25) is 0 Å². The predicted molar refractivity (Wildman–Crippen MR) is 90.3 cm³/mol. The molecule has 0 aliphatic heterocycles. The van der Waals surface area contributed by atoms with Gasteiger partial charge in [0.1, 0.15) is 0 Å². The molecule has 0 radical (unpaired) electrons. The highest BCUT2D eigenvalue weighted by Gasteiger charge is 2.42. The SMILES string of the molecule is COC(c1ccc2ccn([Si](C)(C)C(C)(C)C)c2c1)C(F)(F)F. The Hall–Kier alpha value is -1.27. The van der Waals surface area contributed by atoms with Gasteiger partial charge in [0.15, 0.2) is 14.3 Å². The molecular weight excluding hydrogens is 319 g/mol. The lowest BCUT2D eigenvalue weighted by Crippen LogP contribution is -2.44. The Bertz CT molecular complexity index is 698. The number of hydrogen-bond donors (Lipinski definition) is 0. The molecule has 1 aromatic carbocycles. The molecule has 23 heavy (non-hydrogen) atoms. The number of benzene rings is 1. The summed E-state index contributed by atoms with van der Waals surface area (Å²) in [6.45, 7) is 11.0. The summed E-state index contributed by atoms with van der Waals surface area (Å²) >= 11 is 0. The summed E-state index contributed by atoms with van der Waals surface area (Å²) < 4.78 is 46.3. The minimum Gasteiger partial charge on any atom is -0.374 e. The number of hydrogen-bond acceptors (Lipinski definition) is 1. The monoisotopic (exact) mass is 343 g/mol. The smallest absolute Gasteiger partial charge is 0.374 e. The summed E-state index contributed by atoms with van der Waals surface area (Å²) in [5.41, 5.74) is 0.992. The van der Waals surface area contributed by atoms with E-state index in [1.807, 2.05) is 12.3 Å². The third-order valence-corrected chi connectivity index (χ3v) is 10.3. The number of fused-ring (bicyclic) bond motifs is 1. The van der Waals surface area contributed by atoms with Gasteiger partial charge in [-0.1, -0.05) is 46.0 Å². The normalized spacial score (nSPS) is 15.2. The molecule has 1 heterocycles. The van der Waals surface area contributed by atoms with Gasteiger partial charge in [0, 0.05) is 12.6 Å². The van der Waals surface area contributed by atoms with E-state index in [4.69, 9.17) is 4.74 Å². The first-order valence-corrected chi connectivity index (χ1v) is 10.6. The molecule has 0 fully saturated rings. The standard InChI is InChI=1S/C17H24F3NOSi/c1-16(2,3)23(5,6)21-10-9-12-7-8-13(11-14(12)21)15(22-4)17(18,19)20/h7-11,15H,1-6H3. The van der Waals surface area contributed by atoms with Crippen molar-refractivity contribution in [2.75, 3.05) is 7.11 Å². The van der Waals surface area contributed by atoms with Gasteiger partial charge in [-0.25, -0.2) is 0 Å². The fourth-order valence-electron chi connectivity index (χ4n) is 2.62. The highest BCUT2D eigenvalue weighted by Crippen LogP contribution is 2.40. The quantitative estimate of drug-likeness (QED) is 0.648. The topological polar surface area (TPSA) is 14.2 Å². The lowest BCUT2D eigenvalue weighted by molar-refractivity contribution is -0.215. The van der Waals surface area contributed by atoms with Gasteiger partial charge in [-0.15, -0.1) is 0 Å². The van der Waals surface area contributed by atoms with Crippen LogP contribution in [-0.2, 0) is 4.74 Å². The van der Waals surface area contributed by atoms with Crippen LogP contribution in [0, 0.1) is 0 Å². The summed E-state index contributed by atoms with van der Waals surface area (Å²) in [4.78, 5) is 0. The second kappa shape index (κ2) is 5.67. The molecule has 2 nitrogen and oxygen atoms in total. The summed E-state index contributed by atoms with van der Waals surface area (Å²) in [6.07, 6.45) is -4.31. The Labute approximate surface area is 136 Å². The van der Waals surface area contributed by atoms with E-state index >= 15 is 0 Å². The molecule has 1 unspecified atom stereocenters. The minimum atomic E-state index is -4.42. The van der Waals surface area contributed by atoms with Gasteiger partial charge in [-0.05, 0) is 34.3 Å². The van der Waals surface area contributed by atoms with Gasteiger partial charge in [0.2, 0.25) is 0 Å². The highest BCUT2D eigenvalue weighted by molar-refractivity contribution is 6.79. The number of rotatable bonds is 3. The Kier molecular flexibility index (Phi) is 4.45. The zero-order chi connectivity index (χ0) is 17.6. The Morgan fingerprint density at radius 2 is 1.70 bits per heavy atom. The van der Waals surface area contributed by atoms with E-state index in [9.17, 15) is 13.2 Å². The Balaban J connectivity index is 2.62. The van der Waals surface area contributed by atoms with Gasteiger partial charge in [0.25, 0.3) is 0 Å². The van der Waals surface area contributed by atoms with Crippen LogP contribution in [0.1, 0.15) is 32.4 Å². The number of methoxy groups -OCH3 is 1. The molecule has 0 spiro atoms. The van der Waals surface area contributed by atoms with Crippen molar-refractivity contribution in [2.24, 2.45) is 0 Å². The summed E-state index contributed by atoms with van der Waals surface area (Å²) in [5.74, 6) is 0. The van der Waals surface area contributed by atoms with E-state index in [1.165, 1.54) is 6.07 Å². The maximum absolute atomic E-state index is 13.1. The largest absolute Gasteiger partial charge is 0.418 e. The van der Waals surface area contributed by atoms with Crippen LogP contribution in [0.2, 0.25) is 18.1 Å². The number of halogens is 3. The van der Waals surface area contributed by atoms with Crippen LogP contribution in [0.25, 0.3) is 10.9 Å². The first-order valence-electron chi connectivity index (χ1n) is 7.60. The van der Waals surface area contributed by atoms with Crippen LogP contribution in [0.5, 0.6) is 0 Å². The van der Waals surface area contributed by atoms with Crippen molar-refractivity contribution >= 4 is 19.1 Å². The molecule has 0 bridgehead atoms. The fraction of sp³-hybridized carbons (Fsp3) is 0.529. The van der Waals surface area contributed by atoms with Gasteiger partial charge < -0.3 is 8.97 Å². The van der Waals surface area contributed by atoms with Crippen molar-refractivity contribution < 1.29 is 17.9 Å². The maximum atomic E-state index is 13.1. The molecule has 0 saturated carbocycles. The predicted octanol–water partition coefficient (Wildman–Crippen LogP) is 5.74. The van der Waals surface area contributed by atoms with Crippen LogP contribution >= 0.6 is 0 Å². The lowest BCUT2D eigenvalue weighted by atomic mass is 10.1. The highest BCUT2D eigenvalue weighted by atomic mass is 28.3. The van der Waals surface area contributed by atoms with Crippen LogP contribution in [0.3, 0.4) is 0 Å². The van der Waals surface area contributed by atoms with Crippen LogP contribution < -0.4 is 0 Å². The van der Waals surface area contributed by atoms with Gasteiger partial charge in [-0.2, -0.15) is 13.2 Å². The number of aromatic nitrogens is 1. The lowest BCUT2D eigenvalue weighted by Gasteiger charge is -2.38. The van der Waals surface area contributed by atoms with Crippen molar-refractivity contribution in [2.45, 2.75) is 51.2 Å². The van der Waals surface area contributed by atoms with E-state index in [0.717, 1.165) is 18.0 Å². The Morgan fingerprint density at radius 1 is 1.09 bits per heavy atom. The van der Waals surface area contributed by atoms with E-state index < -0.39 is 20.5 Å². The zero-order valence-electron chi connectivity index (χ0n) is 14.5. The fourth-order valence-corrected chi connectivity index (χ4v) is 4.58. The molecule has 1 aromatic heterocycles. The molecule has 0 amide bonds. The van der Waals surface area contributed by atoms with Crippen LogP contribution in [0.15, 0.2) is 30.5 Å². The second-order valence-electron chi connectivity index (χ2n) is 7.47. The number of alkyl halides is 3. The third-order valence-electron chi connectivity index (χ3n) is 4.99. The first kappa shape index (κ1) is 18.1. The minimum absolute atomic E-state index is 0.0830. The van der Waals surface area contributed by atoms with Crippen LogP contribution in [-0.4, -0.2) is 25.8 Å². The van der Waals surface area contributed by atoms with Crippen molar-refractivity contribution in [3.63, 3.8) is 0 Å². The molecule has 6 heteroatoms. The van der Waals surface area contributed by atoms with E-state index in [2.05, 4.69) is 38.1 Å². The molecule has 2 rings (SSSR count). The van der Waals surface area contributed by atoms with Gasteiger partial charge >= 0.3 is 6.18 Å². The van der Waals surface area contributed by atoms with E-state index in [-0.39, 0.29) is 10.6 Å². The molecule has 0 aliphatic carbocycles. The molecule has 1 atom stereocenters. The zero-order valence-corrected chi connectivity index (χ0v) is 15.5. The average molecular weight is 343 g/mol. The van der Waals surface area contributed by atoms with Gasteiger partial charge in [0.05, 0.1) is 0 Å². The molecule has 0 saturated heterocycles. The second-order valence-corrected chi connectivity index (χ2v) is 12.6. The Morgan fingerprint density at radius 3 is 2.17 bits per heavy atom. The third kappa shape index (κ3) is 3.19. The maximum Gasteiger partial charge on any atom is 0.418 e. The summed E-state index contributed by atoms with van der Waals surface area (Å²) in [6, 6.07) is 6.83. The summed E-state index contributed by atoms with van der Waals surface area (Å²) in [5, 5.41) is 1.04. The molecule has 0 aliphatic rings. The van der Waals surface area contributed by atoms with Crippen molar-refractivity contribution in [3.8, 4) is 0 Å². The van der Waals surface area contributed by atoms with E-state index in [1.54, 1.807) is 12.1 Å². The average Bonchev–Trinajstić information content (AvgIpc) is 2.80. The molecule has 2 aromatic rings. The first-order chi connectivity index (χ1) is 10.4. The van der Waals surface area contributed by atoms with Crippen molar-refractivity contribution in [3.05, 3.63) is 36.0 Å². The van der Waals surface area contributed by atoms with Crippen LogP contribution in [0.4, 0.5) is 13.2 Å². The van der Waals surface area contributed by atoms with E-state index in [0.29, 0.717) is 0 Å². The number of nitrogens with zero attached hydrogens (tertiary/aromatic N) is 1. The van der Waals surface area contributed by atoms with Crippen molar-refractivity contribution in [1.82, 2.24) is 4.23 Å². The molecule has 128 valence electrons.